The summed E-state index contributed by atoms with van der Waals surface area (Å²) in [6.45, 7) is 1.37. The quantitative estimate of drug-likeness (QED) is 0.309. The molecule has 1 aliphatic rings. The van der Waals surface area contributed by atoms with Crippen LogP contribution in [-0.2, 0) is 14.3 Å². The van der Waals surface area contributed by atoms with Crippen LogP contribution in [0.25, 0.3) is 0 Å². The van der Waals surface area contributed by atoms with E-state index in [1.165, 1.54) is 32.4 Å². The highest BCUT2D eigenvalue weighted by Crippen LogP contribution is 2.23. The van der Waals surface area contributed by atoms with Crippen LogP contribution < -0.4 is 0 Å². The van der Waals surface area contributed by atoms with Crippen LogP contribution in [0.5, 0.6) is 0 Å². The fourth-order valence-corrected chi connectivity index (χ4v) is 1.64. The second-order valence-corrected chi connectivity index (χ2v) is 3.66. The summed E-state index contributed by atoms with van der Waals surface area (Å²) in [5.41, 5.74) is 1.43. The fourth-order valence-electron chi connectivity index (χ4n) is 1.64. The topological polar surface area (TPSA) is 43.4 Å². The lowest BCUT2D eigenvalue weighted by molar-refractivity contribution is -0.137. The number of ether oxygens (including phenoxy) is 1. The second-order valence-electron chi connectivity index (χ2n) is 3.66. The first kappa shape index (κ1) is 11.7. The number of rotatable bonds is 3. The van der Waals surface area contributed by atoms with E-state index < -0.39 is 5.97 Å². The summed E-state index contributed by atoms with van der Waals surface area (Å²) in [7, 11) is 1.28. The number of esters is 1. The molecule has 1 fully saturated rings. The van der Waals surface area contributed by atoms with Gasteiger partial charge in [0, 0.05) is 0 Å². The normalized spacial score (nSPS) is 16.4. The molecule has 0 bridgehead atoms. The predicted molar refractivity (Wildman–Crippen MR) is 57.3 cm³/mol. The van der Waals surface area contributed by atoms with Crippen LogP contribution in [0.2, 0.25) is 0 Å². The molecule has 0 aromatic rings. The van der Waals surface area contributed by atoms with Crippen LogP contribution in [0, 0.1) is 0 Å². The highest BCUT2D eigenvalue weighted by atomic mass is 16.5. The molecule has 0 spiro atoms. The molecule has 0 atom stereocenters. The molecule has 0 heterocycles. The van der Waals surface area contributed by atoms with Crippen molar-refractivity contribution in [3.8, 4) is 0 Å². The zero-order valence-electron chi connectivity index (χ0n) is 9.21. The summed E-state index contributed by atoms with van der Waals surface area (Å²) in [5, 5.41) is 0. The molecular formula is C12H16O3. The van der Waals surface area contributed by atoms with Crippen LogP contribution in [0.15, 0.2) is 23.3 Å². The summed E-state index contributed by atoms with van der Waals surface area (Å²) < 4.78 is 4.53. The van der Waals surface area contributed by atoms with Crippen molar-refractivity contribution in [3.05, 3.63) is 23.3 Å². The molecule has 0 unspecified atom stereocenters. The van der Waals surface area contributed by atoms with Gasteiger partial charge in [0.05, 0.1) is 7.11 Å². The number of ketones is 1. The van der Waals surface area contributed by atoms with Crippen molar-refractivity contribution in [2.75, 3.05) is 7.11 Å². The van der Waals surface area contributed by atoms with E-state index in [0.717, 1.165) is 12.8 Å². The molecule has 0 aromatic carbocycles. The summed E-state index contributed by atoms with van der Waals surface area (Å²) in [5.74, 6) is -0.811. The number of carbonyl (C=O) groups is 2. The Bertz CT molecular complexity index is 316. The third-order valence-electron chi connectivity index (χ3n) is 2.52. The van der Waals surface area contributed by atoms with Crippen molar-refractivity contribution >= 4 is 11.8 Å². The molecule has 0 aliphatic heterocycles. The van der Waals surface area contributed by atoms with E-state index >= 15 is 0 Å². The van der Waals surface area contributed by atoms with E-state index in [1.807, 2.05) is 6.08 Å². The van der Waals surface area contributed by atoms with Crippen molar-refractivity contribution < 1.29 is 14.3 Å². The van der Waals surface area contributed by atoms with Gasteiger partial charge in [0.25, 0.3) is 0 Å². The van der Waals surface area contributed by atoms with Crippen molar-refractivity contribution in [2.24, 2.45) is 0 Å². The first-order chi connectivity index (χ1) is 7.15. The number of allylic oxidation sites excluding steroid dienone is 3. The molecule has 82 valence electrons. The van der Waals surface area contributed by atoms with E-state index in [4.69, 9.17) is 0 Å². The summed E-state index contributed by atoms with van der Waals surface area (Å²) >= 11 is 0. The second kappa shape index (κ2) is 5.49. The number of methoxy groups -OCH3 is 1. The number of carbonyl (C=O) groups excluding carboxylic acids is 2. The third kappa shape index (κ3) is 3.35. The Labute approximate surface area is 89.8 Å². The number of hydrogen-bond donors (Lipinski definition) is 0. The van der Waals surface area contributed by atoms with E-state index in [1.54, 1.807) is 6.08 Å². The minimum Gasteiger partial charge on any atom is -0.465 e. The van der Waals surface area contributed by atoms with Gasteiger partial charge in [0.15, 0.2) is 5.78 Å². The first-order valence-electron chi connectivity index (χ1n) is 5.14. The summed E-state index contributed by atoms with van der Waals surface area (Å²) in [6.07, 6.45) is 8.00. The Balaban J connectivity index is 2.79. The Kier molecular flexibility index (Phi) is 4.28. The molecule has 3 heteroatoms. The van der Waals surface area contributed by atoms with Crippen LogP contribution in [0.4, 0.5) is 0 Å². The fraction of sp³-hybridized carbons (Fsp3) is 0.500. The Morgan fingerprint density at radius 3 is 2.33 bits per heavy atom. The molecule has 15 heavy (non-hydrogen) atoms. The van der Waals surface area contributed by atoms with E-state index in [9.17, 15) is 9.59 Å². The zero-order valence-corrected chi connectivity index (χ0v) is 9.21. The van der Waals surface area contributed by atoms with Gasteiger partial charge < -0.3 is 4.74 Å². The van der Waals surface area contributed by atoms with Crippen molar-refractivity contribution in [3.63, 3.8) is 0 Å². The Morgan fingerprint density at radius 2 is 1.87 bits per heavy atom. The molecule has 0 amide bonds. The van der Waals surface area contributed by atoms with Crippen LogP contribution in [0.3, 0.4) is 0 Å². The van der Waals surface area contributed by atoms with Gasteiger partial charge in [-0.1, -0.05) is 11.6 Å². The highest BCUT2D eigenvalue weighted by molar-refractivity contribution is 6.16. The van der Waals surface area contributed by atoms with E-state index in [-0.39, 0.29) is 11.4 Å². The van der Waals surface area contributed by atoms with E-state index in [0.29, 0.717) is 0 Å². The predicted octanol–water partition coefficient (Wildman–Crippen LogP) is 2.18. The monoisotopic (exact) mass is 208 g/mol. The lowest BCUT2D eigenvalue weighted by Crippen LogP contribution is -2.11. The molecule has 1 aliphatic carbocycles. The lowest BCUT2D eigenvalue weighted by atomic mass is 10.1. The smallest absolute Gasteiger partial charge is 0.341 e. The Hall–Kier alpha value is -1.38. The highest BCUT2D eigenvalue weighted by Gasteiger charge is 2.14. The molecule has 0 radical (unpaired) electrons. The molecule has 0 N–H and O–H groups in total. The van der Waals surface area contributed by atoms with Crippen molar-refractivity contribution in [2.45, 2.75) is 32.6 Å². The van der Waals surface area contributed by atoms with E-state index in [2.05, 4.69) is 4.74 Å². The summed E-state index contributed by atoms with van der Waals surface area (Å²) in [4.78, 5) is 22.4. The molecule has 0 aromatic heterocycles. The van der Waals surface area contributed by atoms with Crippen LogP contribution in [0.1, 0.15) is 32.6 Å². The number of hydrogen-bond acceptors (Lipinski definition) is 3. The third-order valence-corrected chi connectivity index (χ3v) is 2.52. The largest absolute Gasteiger partial charge is 0.465 e. The SMILES string of the molecule is COC(=O)/C(=C\C=C1CCCC1)C(C)=O. The van der Waals surface area contributed by atoms with Crippen LogP contribution >= 0.6 is 0 Å². The average molecular weight is 208 g/mol. The minimum atomic E-state index is -0.558. The maximum absolute atomic E-state index is 11.2. The van der Waals surface area contributed by atoms with Gasteiger partial charge in [0.1, 0.15) is 5.57 Å². The molecule has 1 saturated carbocycles. The van der Waals surface area contributed by atoms with Gasteiger partial charge in [-0.15, -0.1) is 0 Å². The standard InChI is InChI=1S/C12H16O3/c1-9(13)11(12(14)15-2)8-7-10-5-3-4-6-10/h7-8H,3-6H2,1-2H3/b11-8-. The molecule has 0 saturated heterocycles. The molecule has 1 rings (SSSR count). The Morgan fingerprint density at radius 1 is 1.27 bits per heavy atom. The maximum Gasteiger partial charge on any atom is 0.341 e. The first-order valence-corrected chi connectivity index (χ1v) is 5.14. The van der Waals surface area contributed by atoms with Gasteiger partial charge in [-0.05, 0) is 38.7 Å². The van der Waals surface area contributed by atoms with Gasteiger partial charge in [0.2, 0.25) is 0 Å². The average Bonchev–Trinajstić information content (AvgIpc) is 2.70. The zero-order chi connectivity index (χ0) is 11.3. The van der Waals surface area contributed by atoms with Gasteiger partial charge in [-0.3, -0.25) is 4.79 Å². The maximum atomic E-state index is 11.2. The van der Waals surface area contributed by atoms with Gasteiger partial charge in [-0.25, -0.2) is 4.79 Å². The molecule has 3 nitrogen and oxygen atoms in total. The molecular weight excluding hydrogens is 192 g/mol. The number of Topliss-reactive ketones (excluding diaryl/α,β-unsaturated/α-hetero) is 1. The van der Waals surface area contributed by atoms with Crippen LogP contribution in [-0.4, -0.2) is 18.9 Å². The van der Waals surface area contributed by atoms with Crippen molar-refractivity contribution in [1.29, 1.82) is 0 Å². The minimum absolute atomic E-state index is 0.122. The van der Waals surface area contributed by atoms with Gasteiger partial charge >= 0.3 is 5.97 Å². The lowest BCUT2D eigenvalue weighted by Gasteiger charge is -1.99. The van der Waals surface area contributed by atoms with Crippen molar-refractivity contribution in [1.82, 2.24) is 0 Å². The van der Waals surface area contributed by atoms with Gasteiger partial charge in [-0.2, -0.15) is 0 Å². The summed E-state index contributed by atoms with van der Waals surface area (Å²) in [6, 6.07) is 0.